The summed E-state index contributed by atoms with van der Waals surface area (Å²) in [6.45, 7) is 0. The molecule has 3 aliphatic heterocycles. The molecule has 2 aliphatic carbocycles. The van der Waals surface area contributed by atoms with Crippen molar-refractivity contribution in [2.75, 3.05) is 0 Å². The van der Waals surface area contributed by atoms with Crippen molar-refractivity contribution >= 4 is 11.8 Å². The van der Waals surface area contributed by atoms with Crippen molar-refractivity contribution in [1.82, 2.24) is 4.90 Å². The smallest absolute Gasteiger partial charge is 0.236 e. The lowest BCUT2D eigenvalue weighted by Crippen LogP contribution is -2.46. The molecule has 6 atom stereocenters. The third-order valence-corrected chi connectivity index (χ3v) is 6.62. The summed E-state index contributed by atoms with van der Waals surface area (Å²) < 4.78 is 6.03. The van der Waals surface area contributed by atoms with E-state index in [9.17, 15) is 9.59 Å². The first-order valence-electron chi connectivity index (χ1n) is 8.30. The third kappa shape index (κ3) is 1.23. The lowest BCUT2D eigenvalue weighted by atomic mass is 9.60. The maximum Gasteiger partial charge on any atom is 0.236 e. The van der Waals surface area contributed by atoms with Crippen LogP contribution in [0.1, 0.15) is 44.9 Å². The van der Waals surface area contributed by atoms with Crippen molar-refractivity contribution in [3.63, 3.8) is 0 Å². The summed E-state index contributed by atoms with van der Waals surface area (Å²) in [6, 6.07) is 0.186. The van der Waals surface area contributed by atoms with Crippen LogP contribution < -0.4 is 0 Å². The second-order valence-corrected chi connectivity index (χ2v) is 7.36. The van der Waals surface area contributed by atoms with Gasteiger partial charge in [-0.2, -0.15) is 0 Å². The fourth-order valence-electron chi connectivity index (χ4n) is 5.58. The summed E-state index contributed by atoms with van der Waals surface area (Å²) in [5.74, 6) is 1.09. The number of hydrogen-bond donors (Lipinski definition) is 0. The Morgan fingerprint density at radius 3 is 1.85 bits per heavy atom. The van der Waals surface area contributed by atoms with E-state index in [1.165, 1.54) is 19.3 Å². The molecule has 0 radical (unpaired) electrons. The van der Waals surface area contributed by atoms with E-state index in [4.69, 9.17) is 4.74 Å². The van der Waals surface area contributed by atoms with Gasteiger partial charge in [-0.1, -0.05) is 19.3 Å². The Balaban J connectivity index is 1.47. The van der Waals surface area contributed by atoms with Gasteiger partial charge in [0.2, 0.25) is 11.8 Å². The minimum atomic E-state index is -0.129. The SMILES string of the molecule is O=C1[C@@H]2[C@H](C(=O)N1C1CCCCC1)[C@@H]1O[C@H]2C2CCC21. The minimum Gasteiger partial charge on any atom is -0.373 e. The first kappa shape index (κ1) is 11.7. The number of amides is 2. The molecule has 0 spiro atoms. The number of nitrogens with zero attached hydrogens (tertiary/aromatic N) is 1. The Morgan fingerprint density at radius 1 is 0.800 bits per heavy atom. The van der Waals surface area contributed by atoms with Crippen LogP contribution in [0.4, 0.5) is 0 Å². The molecule has 108 valence electrons. The highest BCUT2D eigenvalue weighted by Gasteiger charge is 2.70. The molecule has 5 aliphatic rings. The van der Waals surface area contributed by atoms with E-state index in [1.54, 1.807) is 4.90 Å². The molecule has 20 heavy (non-hydrogen) atoms. The average molecular weight is 275 g/mol. The Kier molecular flexibility index (Phi) is 2.25. The normalized spacial score (nSPS) is 50.3. The molecular formula is C16H21NO3. The second-order valence-electron chi connectivity index (χ2n) is 7.36. The molecule has 5 fully saturated rings. The van der Waals surface area contributed by atoms with Gasteiger partial charge in [0.1, 0.15) is 0 Å². The van der Waals surface area contributed by atoms with Crippen LogP contribution in [0.2, 0.25) is 0 Å². The summed E-state index contributed by atoms with van der Waals surface area (Å²) in [7, 11) is 0. The van der Waals surface area contributed by atoms with Gasteiger partial charge in [-0.3, -0.25) is 14.5 Å². The van der Waals surface area contributed by atoms with Crippen molar-refractivity contribution < 1.29 is 14.3 Å². The quantitative estimate of drug-likeness (QED) is 0.685. The topological polar surface area (TPSA) is 46.6 Å². The zero-order chi connectivity index (χ0) is 13.4. The zero-order valence-corrected chi connectivity index (χ0v) is 11.7. The number of imide groups is 1. The van der Waals surface area contributed by atoms with Gasteiger partial charge in [-0.25, -0.2) is 0 Å². The second kappa shape index (κ2) is 3.85. The summed E-state index contributed by atoms with van der Waals surface area (Å²) in [6.07, 6.45) is 8.11. The molecule has 2 amide bonds. The van der Waals surface area contributed by atoms with E-state index in [0.29, 0.717) is 11.8 Å². The van der Waals surface area contributed by atoms with E-state index in [-0.39, 0.29) is 41.9 Å². The molecule has 0 aromatic carbocycles. The fraction of sp³-hybridized carbons (Fsp3) is 0.875. The molecule has 0 aromatic rings. The van der Waals surface area contributed by atoms with Gasteiger partial charge in [0.05, 0.1) is 24.0 Å². The van der Waals surface area contributed by atoms with Gasteiger partial charge in [0.25, 0.3) is 0 Å². The standard InChI is InChI=1S/C16H21NO3/c18-15-11-12(14-10-7-6-9(10)13(11)20-14)16(19)17(15)8-4-2-1-3-5-8/h8-14H,1-7H2/t9?,10?,11-,12+,13+,14-. The van der Waals surface area contributed by atoms with Crippen LogP contribution in [-0.2, 0) is 14.3 Å². The van der Waals surface area contributed by atoms with Crippen LogP contribution in [-0.4, -0.2) is 35.0 Å². The van der Waals surface area contributed by atoms with Gasteiger partial charge < -0.3 is 4.74 Å². The highest BCUT2D eigenvalue weighted by molar-refractivity contribution is 6.06. The summed E-state index contributed by atoms with van der Waals surface area (Å²) in [4.78, 5) is 27.2. The molecular weight excluding hydrogens is 254 g/mol. The monoisotopic (exact) mass is 275 g/mol. The molecule has 4 heteroatoms. The Hall–Kier alpha value is -0.900. The Labute approximate surface area is 118 Å². The highest BCUT2D eigenvalue weighted by Crippen LogP contribution is 2.61. The van der Waals surface area contributed by atoms with Crippen molar-refractivity contribution in [2.24, 2.45) is 23.7 Å². The van der Waals surface area contributed by atoms with E-state index < -0.39 is 0 Å². The lowest BCUT2D eigenvalue weighted by molar-refractivity contribution is -0.146. The van der Waals surface area contributed by atoms with Gasteiger partial charge in [0.15, 0.2) is 0 Å². The molecule has 2 saturated carbocycles. The van der Waals surface area contributed by atoms with Crippen LogP contribution in [0.25, 0.3) is 0 Å². The van der Waals surface area contributed by atoms with Gasteiger partial charge >= 0.3 is 0 Å². The van der Waals surface area contributed by atoms with Crippen LogP contribution in [0.5, 0.6) is 0 Å². The molecule has 2 unspecified atom stereocenters. The largest absolute Gasteiger partial charge is 0.373 e. The first-order valence-corrected chi connectivity index (χ1v) is 8.30. The molecule has 0 N–H and O–H groups in total. The fourth-order valence-corrected chi connectivity index (χ4v) is 5.58. The maximum atomic E-state index is 12.8. The van der Waals surface area contributed by atoms with E-state index in [0.717, 1.165) is 25.7 Å². The van der Waals surface area contributed by atoms with Crippen molar-refractivity contribution in [2.45, 2.75) is 63.2 Å². The van der Waals surface area contributed by atoms with Crippen LogP contribution in [0.3, 0.4) is 0 Å². The van der Waals surface area contributed by atoms with E-state index in [1.807, 2.05) is 0 Å². The van der Waals surface area contributed by atoms with Crippen LogP contribution in [0.15, 0.2) is 0 Å². The van der Waals surface area contributed by atoms with Crippen molar-refractivity contribution in [1.29, 1.82) is 0 Å². The van der Waals surface area contributed by atoms with E-state index in [2.05, 4.69) is 0 Å². The van der Waals surface area contributed by atoms with Gasteiger partial charge in [0, 0.05) is 6.04 Å². The number of carbonyl (C=O) groups is 2. The summed E-state index contributed by atoms with van der Waals surface area (Å²) in [5.41, 5.74) is 0. The zero-order valence-electron chi connectivity index (χ0n) is 11.7. The Morgan fingerprint density at radius 2 is 1.35 bits per heavy atom. The number of hydrogen-bond acceptors (Lipinski definition) is 3. The summed E-state index contributed by atoms with van der Waals surface area (Å²) >= 11 is 0. The summed E-state index contributed by atoms with van der Waals surface area (Å²) in [5, 5.41) is 0. The predicted octanol–water partition coefficient (Wildman–Crippen LogP) is 1.73. The first-order chi connectivity index (χ1) is 9.77. The number of fused-ring (bicyclic) bond motifs is 8. The number of ether oxygens (including phenoxy) is 1. The number of likely N-dealkylation sites (tertiary alicyclic amines) is 1. The minimum absolute atomic E-state index is 0.0637. The molecule has 2 bridgehead atoms. The number of carbonyl (C=O) groups excluding carboxylic acids is 2. The molecule has 0 aromatic heterocycles. The predicted molar refractivity (Wildman–Crippen MR) is 70.6 cm³/mol. The van der Waals surface area contributed by atoms with E-state index >= 15 is 0 Å². The average Bonchev–Trinajstić information content (AvgIpc) is 2.97. The molecule has 3 saturated heterocycles. The Bertz CT molecular complexity index is 450. The molecule has 3 heterocycles. The van der Waals surface area contributed by atoms with Crippen LogP contribution in [0, 0.1) is 23.7 Å². The van der Waals surface area contributed by atoms with Crippen LogP contribution >= 0.6 is 0 Å². The number of rotatable bonds is 1. The van der Waals surface area contributed by atoms with Crippen molar-refractivity contribution in [3.05, 3.63) is 0 Å². The maximum absolute atomic E-state index is 12.8. The van der Waals surface area contributed by atoms with Crippen molar-refractivity contribution in [3.8, 4) is 0 Å². The molecule has 4 nitrogen and oxygen atoms in total. The highest BCUT2D eigenvalue weighted by atomic mass is 16.5. The lowest BCUT2D eigenvalue weighted by Gasteiger charge is -2.40. The third-order valence-electron chi connectivity index (χ3n) is 6.62. The molecule has 5 rings (SSSR count). The van der Waals surface area contributed by atoms with Gasteiger partial charge in [-0.05, 0) is 37.5 Å². The van der Waals surface area contributed by atoms with Gasteiger partial charge in [-0.15, -0.1) is 0 Å².